The molecule has 2 aromatic rings. The number of anilines is 1. The van der Waals surface area contributed by atoms with E-state index >= 15 is 0 Å². The number of carbonyl (C=O) groups excluding carboxylic acids is 1. The van der Waals surface area contributed by atoms with Crippen LogP contribution in [0.5, 0.6) is 5.75 Å². The summed E-state index contributed by atoms with van der Waals surface area (Å²) >= 11 is 0. The summed E-state index contributed by atoms with van der Waals surface area (Å²) in [7, 11) is 4.82. The lowest BCUT2D eigenvalue weighted by atomic mass is 10.1. The molecule has 130 valence electrons. The van der Waals surface area contributed by atoms with Crippen LogP contribution in [0.3, 0.4) is 0 Å². The van der Waals surface area contributed by atoms with Gasteiger partial charge in [-0.1, -0.05) is 6.07 Å². The number of benzene rings is 1. The van der Waals surface area contributed by atoms with Gasteiger partial charge in [0.15, 0.2) is 0 Å². The minimum Gasteiger partial charge on any atom is -0.406 e. The highest BCUT2D eigenvalue weighted by molar-refractivity contribution is 5.97. The van der Waals surface area contributed by atoms with Crippen molar-refractivity contribution < 1.29 is 22.7 Å². The summed E-state index contributed by atoms with van der Waals surface area (Å²) in [6, 6.07) is 4.57. The van der Waals surface area contributed by atoms with Crippen LogP contribution in [-0.2, 0) is 11.8 Å². The van der Waals surface area contributed by atoms with E-state index in [9.17, 15) is 18.0 Å². The van der Waals surface area contributed by atoms with Gasteiger partial charge in [0, 0.05) is 37.6 Å². The van der Waals surface area contributed by atoms with E-state index in [2.05, 4.69) is 15.2 Å². The lowest BCUT2D eigenvalue weighted by Crippen LogP contribution is -2.37. The van der Waals surface area contributed by atoms with E-state index in [4.69, 9.17) is 0 Å². The maximum absolute atomic E-state index is 12.6. The molecular weight excluding hydrogens is 325 g/mol. The monoisotopic (exact) mass is 342 g/mol. The molecular formula is C15H17F3N4O2. The number of nitrogens with zero attached hydrogens (tertiary/aromatic N) is 3. The van der Waals surface area contributed by atoms with Crippen molar-refractivity contribution in [2.24, 2.45) is 7.05 Å². The number of carbonyl (C=O) groups is 1. The molecule has 1 amide bonds. The van der Waals surface area contributed by atoms with E-state index in [1.807, 2.05) is 0 Å². The van der Waals surface area contributed by atoms with Gasteiger partial charge in [-0.2, -0.15) is 5.10 Å². The first-order chi connectivity index (χ1) is 11.2. The zero-order valence-electron chi connectivity index (χ0n) is 13.3. The standard InChI is InChI=1S/C15H17F3N4O2/c1-19-13(10-8-20-21(2)9-10)14(23)22(3)11-5-4-6-12(7-11)24-15(16,17)18/h4-9,13,19H,1-3H3. The zero-order valence-corrected chi connectivity index (χ0v) is 13.3. The molecule has 0 fully saturated rings. The largest absolute Gasteiger partial charge is 0.573 e. The van der Waals surface area contributed by atoms with Gasteiger partial charge in [-0.15, -0.1) is 13.2 Å². The highest BCUT2D eigenvalue weighted by Gasteiger charge is 2.31. The van der Waals surface area contributed by atoms with Crippen LogP contribution < -0.4 is 15.0 Å². The van der Waals surface area contributed by atoms with Crippen LogP contribution in [0.15, 0.2) is 36.7 Å². The smallest absolute Gasteiger partial charge is 0.406 e. The fraction of sp³-hybridized carbons (Fsp3) is 0.333. The van der Waals surface area contributed by atoms with Crippen LogP contribution in [0.2, 0.25) is 0 Å². The molecule has 1 aromatic heterocycles. The molecule has 0 aliphatic heterocycles. The van der Waals surface area contributed by atoms with Crippen molar-refractivity contribution in [2.45, 2.75) is 12.4 Å². The number of amides is 1. The maximum atomic E-state index is 12.6. The molecule has 0 saturated carbocycles. The lowest BCUT2D eigenvalue weighted by Gasteiger charge is -2.23. The molecule has 0 bridgehead atoms. The molecule has 0 spiro atoms. The summed E-state index contributed by atoms with van der Waals surface area (Å²) in [5.41, 5.74) is 0.936. The van der Waals surface area contributed by atoms with E-state index in [1.54, 1.807) is 31.2 Å². The molecule has 1 heterocycles. The maximum Gasteiger partial charge on any atom is 0.573 e. The summed E-state index contributed by atoms with van der Waals surface area (Å²) in [5.74, 6) is -0.725. The summed E-state index contributed by atoms with van der Waals surface area (Å²) < 4.78 is 42.4. The van der Waals surface area contributed by atoms with Crippen LogP contribution >= 0.6 is 0 Å². The highest BCUT2D eigenvalue weighted by Crippen LogP contribution is 2.27. The van der Waals surface area contributed by atoms with Crippen molar-refractivity contribution in [1.82, 2.24) is 15.1 Å². The quantitative estimate of drug-likeness (QED) is 0.905. The average Bonchev–Trinajstić information content (AvgIpc) is 2.92. The molecule has 0 saturated heterocycles. The summed E-state index contributed by atoms with van der Waals surface area (Å²) in [6.07, 6.45) is -1.55. The first-order valence-corrected chi connectivity index (χ1v) is 7.00. The number of halogens is 3. The van der Waals surface area contributed by atoms with Crippen molar-refractivity contribution in [3.05, 3.63) is 42.2 Å². The van der Waals surface area contributed by atoms with Gasteiger partial charge in [-0.05, 0) is 19.2 Å². The molecule has 0 radical (unpaired) electrons. The topological polar surface area (TPSA) is 59.4 Å². The fourth-order valence-electron chi connectivity index (χ4n) is 2.23. The van der Waals surface area contributed by atoms with E-state index in [-0.39, 0.29) is 17.3 Å². The molecule has 1 N–H and O–H groups in total. The molecule has 6 nitrogen and oxygen atoms in total. The Bertz CT molecular complexity index is 715. The predicted molar refractivity (Wildman–Crippen MR) is 81.5 cm³/mol. The first-order valence-electron chi connectivity index (χ1n) is 7.00. The number of hydrogen-bond donors (Lipinski definition) is 1. The minimum absolute atomic E-state index is 0.283. The number of likely N-dealkylation sites (N-methyl/N-ethyl adjacent to an activating group) is 2. The number of alkyl halides is 3. The number of hydrogen-bond acceptors (Lipinski definition) is 4. The number of rotatable bonds is 5. The van der Waals surface area contributed by atoms with E-state index < -0.39 is 12.4 Å². The second kappa shape index (κ2) is 6.91. The van der Waals surface area contributed by atoms with Crippen LogP contribution in [-0.4, -0.2) is 36.1 Å². The van der Waals surface area contributed by atoms with Crippen LogP contribution in [0.1, 0.15) is 11.6 Å². The molecule has 2 rings (SSSR count). The SMILES string of the molecule is CNC(C(=O)N(C)c1cccc(OC(F)(F)F)c1)c1cnn(C)c1. The van der Waals surface area contributed by atoms with Crippen molar-refractivity contribution >= 4 is 11.6 Å². The van der Waals surface area contributed by atoms with Crippen LogP contribution in [0, 0.1) is 0 Å². The molecule has 0 aliphatic carbocycles. The number of nitrogens with one attached hydrogen (secondary N) is 1. The Balaban J connectivity index is 2.22. The van der Waals surface area contributed by atoms with E-state index in [0.717, 1.165) is 6.07 Å². The minimum atomic E-state index is -4.79. The van der Waals surface area contributed by atoms with Gasteiger partial charge in [0.05, 0.1) is 6.20 Å². The van der Waals surface area contributed by atoms with Crippen molar-refractivity contribution in [3.63, 3.8) is 0 Å². The Morgan fingerprint density at radius 1 is 1.42 bits per heavy atom. The van der Waals surface area contributed by atoms with Crippen LogP contribution in [0.4, 0.5) is 18.9 Å². The highest BCUT2D eigenvalue weighted by atomic mass is 19.4. The number of ether oxygens (including phenoxy) is 1. The van der Waals surface area contributed by atoms with Crippen molar-refractivity contribution in [3.8, 4) is 5.75 Å². The molecule has 1 aromatic carbocycles. The number of aromatic nitrogens is 2. The second-order valence-corrected chi connectivity index (χ2v) is 5.11. The Kier molecular flexibility index (Phi) is 5.13. The molecule has 0 aliphatic rings. The second-order valence-electron chi connectivity index (χ2n) is 5.11. The number of aryl methyl sites for hydroxylation is 1. The normalized spacial score (nSPS) is 12.8. The zero-order chi connectivity index (χ0) is 17.9. The summed E-state index contributed by atoms with van der Waals surface area (Å²) in [6.45, 7) is 0. The fourth-order valence-corrected chi connectivity index (χ4v) is 2.23. The Hall–Kier alpha value is -2.55. The van der Waals surface area contributed by atoms with E-state index in [1.165, 1.54) is 30.1 Å². The van der Waals surface area contributed by atoms with Gasteiger partial charge in [0.25, 0.3) is 0 Å². The summed E-state index contributed by atoms with van der Waals surface area (Å²) in [5, 5.41) is 6.89. The Morgan fingerprint density at radius 2 is 2.12 bits per heavy atom. The third-order valence-electron chi connectivity index (χ3n) is 3.36. The average molecular weight is 342 g/mol. The molecule has 1 atom stereocenters. The Labute approximate surface area is 136 Å². The van der Waals surface area contributed by atoms with Crippen LogP contribution in [0.25, 0.3) is 0 Å². The van der Waals surface area contributed by atoms with Gasteiger partial charge in [-0.25, -0.2) is 0 Å². The summed E-state index contributed by atoms with van der Waals surface area (Å²) in [4.78, 5) is 13.9. The van der Waals surface area contributed by atoms with Gasteiger partial charge >= 0.3 is 6.36 Å². The molecule has 24 heavy (non-hydrogen) atoms. The first kappa shape index (κ1) is 17.8. The Morgan fingerprint density at radius 3 is 2.67 bits per heavy atom. The van der Waals surface area contributed by atoms with Gasteiger partial charge in [0.1, 0.15) is 11.8 Å². The lowest BCUT2D eigenvalue weighted by molar-refractivity contribution is -0.274. The molecule has 1 unspecified atom stereocenters. The van der Waals surface area contributed by atoms with E-state index in [0.29, 0.717) is 5.56 Å². The third kappa shape index (κ3) is 4.25. The third-order valence-corrected chi connectivity index (χ3v) is 3.36. The molecule has 9 heteroatoms. The van der Waals surface area contributed by atoms with Gasteiger partial charge < -0.3 is 15.0 Å². The van der Waals surface area contributed by atoms with Gasteiger partial charge in [-0.3, -0.25) is 9.48 Å². The predicted octanol–water partition coefficient (Wildman–Crippen LogP) is 2.24. The van der Waals surface area contributed by atoms with Gasteiger partial charge in [0.2, 0.25) is 5.91 Å². The van der Waals surface area contributed by atoms with Crippen molar-refractivity contribution in [1.29, 1.82) is 0 Å². The van der Waals surface area contributed by atoms with Crippen molar-refractivity contribution in [2.75, 3.05) is 19.0 Å².